The molecule has 0 saturated carbocycles. The summed E-state index contributed by atoms with van der Waals surface area (Å²) in [7, 11) is 1.39. The summed E-state index contributed by atoms with van der Waals surface area (Å²) in [6, 6.07) is 1.46. The highest BCUT2D eigenvalue weighted by Crippen LogP contribution is 2.29. The van der Waals surface area contributed by atoms with Gasteiger partial charge in [-0.25, -0.2) is 4.98 Å². The van der Waals surface area contributed by atoms with Crippen LogP contribution in [0.2, 0.25) is 0 Å². The number of carbonyl (C=O) groups excluding carboxylic acids is 2. The van der Waals surface area contributed by atoms with E-state index in [1.165, 1.54) is 19.4 Å². The van der Waals surface area contributed by atoms with Crippen LogP contribution in [-0.4, -0.2) is 47.8 Å². The van der Waals surface area contributed by atoms with Gasteiger partial charge in [-0.2, -0.15) is 0 Å². The van der Waals surface area contributed by atoms with Gasteiger partial charge < -0.3 is 19.3 Å². The number of carbonyl (C=O) groups is 2. The second-order valence-corrected chi connectivity index (χ2v) is 8.28. The van der Waals surface area contributed by atoms with E-state index < -0.39 is 23.8 Å². The molecule has 7 nitrogen and oxygen atoms in total. The number of hydrogen-bond donors (Lipinski definition) is 1. The molecular formula is C22H35NO6. The number of aromatic nitrogens is 1. The lowest BCUT2D eigenvalue weighted by Crippen LogP contribution is -2.35. The molecule has 164 valence electrons. The van der Waals surface area contributed by atoms with Crippen LogP contribution in [0.15, 0.2) is 12.3 Å². The Hall–Kier alpha value is -2.15. The fourth-order valence-electron chi connectivity index (χ4n) is 2.81. The Morgan fingerprint density at radius 2 is 1.76 bits per heavy atom. The third-order valence-corrected chi connectivity index (χ3v) is 4.44. The van der Waals surface area contributed by atoms with Crippen LogP contribution in [0.3, 0.4) is 0 Å². The van der Waals surface area contributed by atoms with Crippen molar-refractivity contribution in [2.45, 2.75) is 66.6 Å². The number of aromatic hydroxyl groups is 1. The molecule has 1 aromatic rings. The quantitative estimate of drug-likeness (QED) is 0.411. The van der Waals surface area contributed by atoms with Crippen molar-refractivity contribution in [2.24, 2.45) is 17.8 Å². The van der Waals surface area contributed by atoms with Crippen LogP contribution >= 0.6 is 0 Å². The van der Waals surface area contributed by atoms with E-state index in [0.717, 1.165) is 6.42 Å². The maximum Gasteiger partial charge on any atom is 0.309 e. The predicted octanol–water partition coefficient (Wildman–Crippen LogP) is 4.02. The molecule has 1 N–H and O–H groups in total. The molecule has 0 spiro atoms. The zero-order chi connectivity index (χ0) is 22.1. The highest BCUT2D eigenvalue weighted by atomic mass is 16.6. The Labute approximate surface area is 173 Å². The van der Waals surface area contributed by atoms with Crippen LogP contribution in [0.1, 0.15) is 64.9 Å². The molecule has 0 amide bonds. The Bertz CT molecular complexity index is 673. The summed E-state index contributed by atoms with van der Waals surface area (Å²) >= 11 is 0. The van der Waals surface area contributed by atoms with Gasteiger partial charge in [-0.3, -0.25) is 9.59 Å². The van der Waals surface area contributed by atoms with Crippen LogP contribution in [0.4, 0.5) is 0 Å². The van der Waals surface area contributed by atoms with Crippen LogP contribution in [-0.2, 0) is 14.3 Å². The van der Waals surface area contributed by atoms with Gasteiger partial charge in [0, 0.05) is 25.3 Å². The largest absolute Gasteiger partial charge is 0.503 e. The molecule has 1 rings (SSSR count). The maximum absolute atomic E-state index is 12.5. The minimum Gasteiger partial charge on any atom is -0.503 e. The summed E-state index contributed by atoms with van der Waals surface area (Å²) in [5, 5.41) is 10.1. The minimum atomic E-state index is -0.679. The average Bonchev–Trinajstić information content (AvgIpc) is 2.64. The molecule has 0 aromatic carbocycles. The summed E-state index contributed by atoms with van der Waals surface area (Å²) in [5.41, 5.74) is -0.116. The van der Waals surface area contributed by atoms with Gasteiger partial charge in [0.05, 0.1) is 19.1 Å². The van der Waals surface area contributed by atoms with Crippen molar-refractivity contribution < 1.29 is 28.9 Å². The van der Waals surface area contributed by atoms with Crippen LogP contribution in [0.5, 0.6) is 11.5 Å². The number of ketones is 1. The Balaban J connectivity index is 2.73. The highest BCUT2D eigenvalue weighted by molar-refractivity contribution is 5.99. The van der Waals surface area contributed by atoms with Crippen molar-refractivity contribution in [2.75, 3.05) is 13.7 Å². The Kier molecular flexibility index (Phi) is 10.1. The van der Waals surface area contributed by atoms with Crippen LogP contribution < -0.4 is 4.74 Å². The van der Waals surface area contributed by atoms with Gasteiger partial charge in [-0.15, -0.1) is 0 Å². The van der Waals surface area contributed by atoms with Gasteiger partial charge in [0.1, 0.15) is 6.10 Å². The number of ether oxygens (including phenoxy) is 3. The van der Waals surface area contributed by atoms with E-state index in [4.69, 9.17) is 14.2 Å². The molecule has 29 heavy (non-hydrogen) atoms. The van der Waals surface area contributed by atoms with E-state index in [1.807, 2.05) is 6.92 Å². The molecule has 0 aliphatic heterocycles. The third-order valence-electron chi connectivity index (χ3n) is 4.44. The SMILES string of the molecule is COc1ccnc(C(=O)C[C@@H](C)C(=O)O[C@@H](C)[C@@H](CC(C)C)OCC(C)C)c1O. The second-order valence-electron chi connectivity index (χ2n) is 8.28. The molecule has 0 aliphatic rings. The predicted molar refractivity (Wildman–Crippen MR) is 110 cm³/mol. The highest BCUT2D eigenvalue weighted by Gasteiger charge is 2.28. The normalized spacial score (nSPS) is 14.5. The number of methoxy groups -OCH3 is 1. The number of esters is 1. The molecule has 7 heteroatoms. The van der Waals surface area contributed by atoms with Gasteiger partial charge >= 0.3 is 5.97 Å². The van der Waals surface area contributed by atoms with E-state index in [1.54, 1.807) is 6.92 Å². The fourth-order valence-corrected chi connectivity index (χ4v) is 2.81. The standard InChI is InChI=1S/C22H35NO6/c1-13(2)10-19(28-12-14(3)4)16(6)29-22(26)15(5)11-17(24)20-21(25)18(27-7)8-9-23-20/h8-9,13-16,19,25H,10-12H2,1-7H3/t15-,16+,19-/m1/s1. The molecule has 0 fully saturated rings. The molecule has 0 bridgehead atoms. The number of nitrogens with zero attached hydrogens (tertiary/aromatic N) is 1. The van der Waals surface area contributed by atoms with E-state index in [0.29, 0.717) is 18.4 Å². The first-order chi connectivity index (χ1) is 13.6. The topological polar surface area (TPSA) is 95.0 Å². The van der Waals surface area contributed by atoms with Crippen molar-refractivity contribution >= 4 is 11.8 Å². The third kappa shape index (κ3) is 8.01. The van der Waals surface area contributed by atoms with Crippen molar-refractivity contribution in [3.05, 3.63) is 18.0 Å². The second kappa shape index (κ2) is 11.8. The monoisotopic (exact) mass is 409 g/mol. The van der Waals surface area contributed by atoms with Gasteiger partial charge in [0.2, 0.25) is 0 Å². The molecule has 3 atom stereocenters. The lowest BCUT2D eigenvalue weighted by Gasteiger charge is -2.27. The molecule has 0 aliphatic carbocycles. The van der Waals surface area contributed by atoms with Crippen molar-refractivity contribution in [1.29, 1.82) is 0 Å². The molecular weight excluding hydrogens is 374 g/mol. The van der Waals surface area contributed by atoms with Crippen molar-refractivity contribution in [1.82, 2.24) is 4.98 Å². The summed E-state index contributed by atoms with van der Waals surface area (Å²) < 4.78 is 16.5. The van der Waals surface area contributed by atoms with Gasteiger partial charge in [-0.1, -0.05) is 34.6 Å². The van der Waals surface area contributed by atoms with Crippen molar-refractivity contribution in [3.63, 3.8) is 0 Å². The van der Waals surface area contributed by atoms with E-state index >= 15 is 0 Å². The summed E-state index contributed by atoms with van der Waals surface area (Å²) in [5.74, 6) is -0.994. The number of pyridine rings is 1. The first-order valence-corrected chi connectivity index (χ1v) is 10.1. The first-order valence-electron chi connectivity index (χ1n) is 10.1. The Morgan fingerprint density at radius 1 is 1.10 bits per heavy atom. The van der Waals surface area contributed by atoms with Gasteiger partial charge in [0.25, 0.3) is 0 Å². The average molecular weight is 410 g/mol. The molecule has 1 heterocycles. The van der Waals surface area contributed by atoms with E-state index in [9.17, 15) is 14.7 Å². The summed E-state index contributed by atoms with van der Waals surface area (Å²) in [4.78, 5) is 28.9. The summed E-state index contributed by atoms with van der Waals surface area (Å²) in [6.07, 6.45) is 1.40. The van der Waals surface area contributed by atoms with E-state index in [2.05, 4.69) is 32.7 Å². The molecule has 1 aromatic heterocycles. The maximum atomic E-state index is 12.5. The minimum absolute atomic E-state index is 0.116. The zero-order valence-electron chi connectivity index (χ0n) is 18.6. The Morgan fingerprint density at radius 3 is 2.31 bits per heavy atom. The van der Waals surface area contributed by atoms with Gasteiger partial charge in [-0.05, 0) is 25.2 Å². The number of rotatable bonds is 12. The van der Waals surface area contributed by atoms with Crippen molar-refractivity contribution in [3.8, 4) is 11.5 Å². The molecule has 0 unspecified atom stereocenters. The van der Waals surface area contributed by atoms with Gasteiger partial charge in [0.15, 0.2) is 23.0 Å². The molecule has 0 radical (unpaired) electrons. The fraction of sp³-hybridized carbons (Fsp3) is 0.682. The zero-order valence-corrected chi connectivity index (χ0v) is 18.6. The lowest BCUT2D eigenvalue weighted by molar-refractivity contribution is -0.161. The lowest BCUT2D eigenvalue weighted by atomic mass is 10.0. The van der Waals surface area contributed by atoms with E-state index in [-0.39, 0.29) is 29.7 Å². The van der Waals surface area contributed by atoms with Crippen LogP contribution in [0.25, 0.3) is 0 Å². The first kappa shape index (κ1) is 24.9. The number of Topliss-reactive ketones (excluding diaryl/α,β-unsaturated/α-hetero) is 1. The smallest absolute Gasteiger partial charge is 0.309 e. The van der Waals surface area contributed by atoms with Crippen LogP contribution in [0, 0.1) is 17.8 Å². The number of hydrogen-bond acceptors (Lipinski definition) is 7. The molecule has 0 saturated heterocycles. The summed E-state index contributed by atoms with van der Waals surface area (Å²) in [6.45, 7) is 12.3.